The van der Waals surface area contributed by atoms with E-state index in [4.69, 9.17) is 47.4 Å². The van der Waals surface area contributed by atoms with Gasteiger partial charge in [0.2, 0.25) is 0 Å². The number of carbonyl (C=O) groups excluding carboxylic acids is 2. The number of benzene rings is 4. The van der Waals surface area contributed by atoms with E-state index in [0.717, 1.165) is 73.9 Å². The van der Waals surface area contributed by atoms with Crippen LogP contribution in [0.4, 0.5) is 0 Å². The molecule has 1 N–H and O–H groups in total. The molecule has 1 heterocycles. The van der Waals surface area contributed by atoms with Crippen molar-refractivity contribution in [3.05, 3.63) is 126 Å². The van der Waals surface area contributed by atoms with Gasteiger partial charge in [0.15, 0.2) is 23.0 Å². The van der Waals surface area contributed by atoms with Crippen molar-refractivity contribution in [2.75, 3.05) is 106 Å². The molecule has 0 aromatic heterocycles. The number of carbonyl (C=O) groups is 2. The molecule has 0 saturated carbocycles. The number of para-hydroxylation sites is 4. The molecular formula is C53H74NO12-. The van der Waals surface area contributed by atoms with Gasteiger partial charge in [0, 0.05) is 0 Å². The van der Waals surface area contributed by atoms with Gasteiger partial charge in [-0.1, -0.05) is 58.7 Å². The molecule has 13 heteroatoms. The van der Waals surface area contributed by atoms with E-state index in [9.17, 15) is 9.59 Å². The molecule has 0 radical (unpaired) electrons. The first-order chi connectivity index (χ1) is 31.8. The quantitative estimate of drug-likeness (QED) is 0.0731. The van der Waals surface area contributed by atoms with Crippen LogP contribution in [-0.4, -0.2) is 118 Å². The number of aryl methyl sites for hydroxylation is 4. The molecule has 0 saturated heterocycles. The van der Waals surface area contributed by atoms with E-state index in [0.29, 0.717) is 127 Å². The smallest absolute Gasteiger partial charge is 0.338 e. The van der Waals surface area contributed by atoms with Crippen LogP contribution in [-0.2, 0) is 28.4 Å². The lowest BCUT2D eigenvalue weighted by atomic mass is 10.1. The van der Waals surface area contributed by atoms with Crippen LogP contribution >= 0.6 is 0 Å². The maximum absolute atomic E-state index is 12.1. The molecule has 0 amide bonds. The summed E-state index contributed by atoms with van der Waals surface area (Å²) in [6.45, 7) is 16.3. The van der Waals surface area contributed by atoms with Crippen LogP contribution in [0.2, 0.25) is 0 Å². The second-order valence-corrected chi connectivity index (χ2v) is 15.6. The number of esters is 2. The summed E-state index contributed by atoms with van der Waals surface area (Å²) in [6.07, 6.45) is 5.94. The molecule has 4 aromatic carbocycles. The highest BCUT2D eigenvalue weighted by atomic mass is 16.6. The van der Waals surface area contributed by atoms with Crippen molar-refractivity contribution in [3.8, 4) is 23.0 Å². The first-order valence-electron chi connectivity index (χ1n) is 23.0. The highest BCUT2D eigenvalue weighted by Gasteiger charge is 2.10. The fourth-order valence-electron chi connectivity index (χ4n) is 6.73. The lowest BCUT2D eigenvalue weighted by molar-refractivity contribution is 0.0223. The molecule has 4 aromatic rings. The van der Waals surface area contributed by atoms with Crippen LogP contribution in [0.3, 0.4) is 0 Å². The number of hydrogen-bond acceptors (Lipinski definition) is 13. The molecule has 1 aliphatic rings. The minimum atomic E-state index is -0.236. The molecule has 0 atom stereocenters. The number of hydrogen-bond donors (Lipinski definition) is 1. The predicted molar refractivity (Wildman–Crippen MR) is 258 cm³/mol. The second kappa shape index (κ2) is 34.2. The van der Waals surface area contributed by atoms with Crippen molar-refractivity contribution in [3.63, 3.8) is 0 Å². The molecule has 0 fully saturated rings. The number of unbranched alkanes of at least 4 members (excludes halogenated alkanes) is 4. The van der Waals surface area contributed by atoms with Gasteiger partial charge in [-0.05, 0) is 128 Å². The third kappa shape index (κ3) is 23.8. The Morgan fingerprint density at radius 2 is 0.712 bits per heavy atom. The highest BCUT2D eigenvalue weighted by molar-refractivity contribution is 5.90. The Morgan fingerprint density at radius 3 is 1.02 bits per heavy atom. The molecule has 364 valence electrons. The number of rotatable bonds is 14. The van der Waals surface area contributed by atoms with Gasteiger partial charge < -0.3 is 60.1 Å². The van der Waals surface area contributed by atoms with E-state index in [-0.39, 0.29) is 19.4 Å². The summed E-state index contributed by atoms with van der Waals surface area (Å²) in [5.41, 5.74) is 5.57. The summed E-state index contributed by atoms with van der Waals surface area (Å²) in [6, 6.07) is 26.7. The first-order valence-corrected chi connectivity index (χ1v) is 23.0. The molecule has 0 unspecified atom stereocenters. The Balaban J connectivity index is 0.000000345. The Bertz CT molecular complexity index is 1700. The van der Waals surface area contributed by atoms with Gasteiger partial charge >= 0.3 is 11.9 Å². The summed E-state index contributed by atoms with van der Waals surface area (Å²) in [4.78, 5) is 24.2. The average Bonchev–Trinajstić information content (AvgIpc) is 3.29. The Hall–Kier alpha value is -5.18. The zero-order valence-electron chi connectivity index (χ0n) is 40.0. The summed E-state index contributed by atoms with van der Waals surface area (Å²) >= 11 is 0. The molecular weight excluding hydrogens is 843 g/mol. The molecule has 0 bridgehead atoms. The van der Waals surface area contributed by atoms with Gasteiger partial charge in [-0.25, -0.2) is 9.59 Å². The number of ether oxygens (including phenoxy) is 10. The van der Waals surface area contributed by atoms with Gasteiger partial charge in [0.05, 0.1) is 77.2 Å². The third-order valence-corrected chi connectivity index (χ3v) is 9.76. The van der Waals surface area contributed by atoms with E-state index < -0.39 is 0 Å². The van der Waals surface area contributed by atoms with E-state index in [2.05, 4.69) is 5.32 Å². The van der Waals surface area contributed by atoms with E-state index in [1.807, 2.05) is 113 Å². The molecule has 5 rings (SSSR count). The summed E-state index contributed by atoms with van der Waals surface area (Å²) in [7, 11) is 0. The zero-order chi connectivity index (χ0) is 46.2. The highest BCUT2D eigenvalue weighted by Crippen LogP contribution is 2.27. The monoisotopic (exact) mass is 917 g/mol. The van der Waals surface area contributed by atoms with Crippen LogP contribution in [0.25, 0.3) is 0 Å². The van der Waals surface area contributed by atoms with Gasteiger partial charge in [0.1, 0.15) is 26.4 Å². The molecule has 66 heavy (non-hydrogen) atoms. The second-order valence-electron chi connectivity index (χ2n) is 15.6. The van der Waals surface area contributed by atoms with Crippen LogP contribution in [0.15, 0.2) is 84.9 Å². The van der Waals surface area contributed by atoms with Crippen molar-refractivity contribution < 1.29 is 57.0 Å². The number of fused-ring (bicyclic) bond motifs is 2. The lowest BCUT2D eigenvalue weighted by Gasteiger charge is -2.14. The van der Waals surface area contributed by atoms with Gasteiger partial charge in [-0.15, -0.1) is 0 Å². The zero-order valence-corrected chi connectivity index (χ0v) is 40.0. The van der Waals surface area contributed by atoms with Crippen LogP contribution in [0.1, 0.15) is 81.5 Å². The Labute approximate surface area is 393 Å². The predicted octanol–water partition coefficient (Wildman–Crippen LogP) is 9.30. The normalized spacial score (nSPS) is 14.2. The fraction of sp³-hybridized carbons (Fsp3) is 0.491. The van der Waals surface area contributed by atoms with Crippen molar-refractivity contribution in [2.24, 2.45) is 0 Å². The van der Waals surface area contributed by atoms with Gasteiger partial charge in [0.25, 0.3) is 0 Å². The minimum absolute atomic E-state index is 0. The molecule has 13 nitrogen and oxygen atoms in total. The maximum Gasteiger partial charge on any atom is 0.338 e. The fourth-order valence-corrected chi connectivity index (χ4v) is 6.73. The number of nitrogens with one attached hydrogen (secondary N) is 1. The lowest BCUT2D eigenvalue weighted by Crippen LogP contribution is -2.17. The van der Waals surface area contributed by atoms with Crippen molar-refractivity contribution in [1.82, 2.24) is 5.32 Å². The first kappa shape index (κ1) is 55.1. The van der Waals surface area contributed by atoms with Crippen LogP contribution in [0, 0.1) is 35.1 Å². The summed E-state index contributed by atoms with van der Waals surface area (Å²) in [5, 5.41) is 3.45. The summed E-state index contributed by atoms with van der Waals surface area (Å²) < 4.78 is 56.1. The average molecular weight is 917 g/mol. The van der Waals surface area contributed by atoms with Crippen molar-refractivity contribution >= 4 is 11.9 Å². The molecule has 1 aliphatic heterocycles. The Morgan fingerprint density at radius 1 is 0.424 bits per heavy atom. The Kier molecular flexibility index (Phi) is 28.6. The van der Waals surface area contributed by atoms with E-state index in [1.165, 1.54) is 0 Å². The van der Waals surface area contributed by atoms with Crippen molar-refractivity contribution in [1.29, 1.82) is 0 Å². The van der Waals surface area contributed by atoms with Gasteiger partial charge in [-0.2, -0.15) is 0 Å². The minimum Gasteiger partial charge on any atom is -0.487 e. The standard InChI is InChI=1S/C28H39NO4.C24H32O8.CH3/c1-21-15-22(2)18-25(17-21)27(30)32-13-9-5-7-11-29-12-8-6-10-14-33-28(31)26-19-23(3)16-24(4)20-26;1-2-6-22-21(5-1)29-17-13-25-9-10-27-15-19-31-23-7-3-4-8-24(23)32-20-16-28-12-11-26-14-18-30-22;/h15-20,29H,5-14H2,1-4H3;1-8H,9-20H2;1H3/q;;-1. The van der Waals surface area contributed by atoms with Crippen LogP contribution in [0.5, 0.6) is 23.0 Å². The molecule has 0 spiro atoms. The van der Waals surface area contributed by atoms with E-state index in [1.54, 1.807) is 0 Å². The topological polar surface area (TPSA) is 138 Å². The SMILES string of the molecule is Cc1cc(C)cc(C(=O)OCCCCCNCCCCCOC(=O)c2cc(C)cc(C)c2)c1.[CH3-].c1ccc2c(c1)OCCOCCOCCOc1ccccc1OCCOCCOCCO2. The van der Waals surface area contributed by atoms with Gasteiger partial charge in [-0.3, -0.25) is 0 Å². The van der Waals surface area contributed by atoms with Crippen molar-refractivity contribution in [2.45, 2.75) is 66.2 Å². The van der Waals surface area contributed by atoms with Crippen LogP contribution < -0.4 is 24.3 Å². The largest absolute Gasteiger partial charge is 0.487 e. The maximum atomic E-state index is 12.1. The third-order valence-electron chi connectivity index (χ3n) is 9.76. The van der Waals surface area contributed by atoms with E-state index >= 15 is 0 Å². The molecule has 0 aliphatic carbocycles. The summed E-state index contributed by atoms with van der Waals surface area (Å²) in [5.74, 6) is 2.26.